The average Bonchev–Trinajstić information content (AvgIpc) is 3.35. The molecule has 2 aromatic carbocycles. The Kier molecular flexibility index (Phi) is 6.20. The van der Waals surface area contributed by atoms with E-state index in [1.807, 2.05) is 50.4 Å². The third kappa shape index (κ3) is 4.51. The van der Waals surface area contributed by atoms with E-state index in [2.05, 4.69) is 17.0 Å². The van der Waals surface area contributed by atoms with Crippen molar-refractivity contribution in [2.75, 3.05) is 43.5 Å². The van der Waals surface area contributed by atoms with Gasteiger partial charge in [-0.3, -0.25) is 0 Å². The molecule has 0 aliphatic carbocycles. The predicted molar refractivity (Wildman–Crippen MR) is 144 cm³/mol. The molecule has 4 aliphatic heterocycles. The highest BCUT2D eigenvalue weighted by atomic mass is 32.2. The molecule has 4 aliphatic rings. The number of benzene rings is 2. The van der Waals surface area contributed by atoms with Gasteiger partial charge in [-0.25, -0.2) is 9.18 Å². The molecule has 4 heterocycles. The van der Waals surface area contributed by atoms with Gasteiger partial charge in [0.15, 0.2) is 5.79 Å². The van der Waals surface area contributed by atoms with Crippen molar-refractivity contribution >= 4 is 23.5 Å². The fraction of sp³-hybridized carbons (Fsp3) is 0.552. The van der Waals surface area contributed by atoms with Crippen molar-refractivity contribution in [3.8, 4) is 11.1 Å². The molecule has 0 radical (unpaired) electrons. The zero-order valence-electron chi connectivity index (χ0n) is 22.0. The quantitative estimate of drug-likeness (QED) is 0.488. The van der Waals surface area contributed by atoms with E-state index < -0.39 is 11.4 Å². The van der Waals surface area contributed by atoms with E-state index in [-0.39, 0.29) is 17.8 Å². The Bertz CT molecular complexity index is 1220. The van der Waals surface area contributed by atoms with Crippen molar-refractivity contribution in [3.05, 3.63) is 52.8 Å². The lowest BCUT2D eigenvalue weighted by molar-refractivity contribution is -0.149. The second-order valence-electron chi connectivity index (χ2n) is 11.5. The van der Waals surface area contributed by atoms with Crippen LogP contribution in [0.3, 0.4) is 0 Å². The minimum Gasteiger partial charge on any atom is -0.444 e. The van der Waals surface area contributed by atoms with E-state index in [1.165, 1.54) is 22.9 Å². The van der Waals surface area contributed by atoms with Crippen LogP contribution in [0.2, 0.25) is 0 Å². The van der Waals surface area contributed by atoms with Gasteiger partial charge >= 0.3 is 6.09 Å². The molecule has 37 heavy (non-hydrogen) atoms. The molecule has 8 heteroatoms. The first-order valence-corrected chi connectivity index (χ1v) is 14.4. The van der Waals surface area contributed by atoms with Crippen molar-refractivity contribution in [1.82, 2.24) is 4.90 Å². The lowest BCUT2D eigenvalue weighted by atomic mass is 9.86. The number of fused-ring (bicyclic) bond motifs is 3. The smallest absolute Gasteiger partial charge is 0.410 e. The maximum Gasteiger partial charge on any atom is 0.410 e. The van der Waals surface area contributed by atoms with E-state index in [0.717, 1.165) is 35.6 Å². The number of carbonyl (C=O) groups is 1. The summed E-state index contributed by atoms with van der Waals surface area (Å²) in [6.45, 7) is 10.9. The average molecular weight is 527 g/mol. The van der Waals surface area contributed by atoms with Gasteiger partial charge in [0.2, 0.25) is 0 Å². The maximum atomic E-state index is 14.5. The summed E-state index contributed by atoms with van der Waals surface area (Å²) in [6.07, 6.45) is 0.675. The van der Waals surface area contributed by atoms with Gasteiger partial charge in [-0.2, -0.15) is 11.8 Å². The Morgan fingerprint density at radius 2 is 1.95 bits per heavy atom. The zero-order chi connectivity index (χ0) is 25.9. The molecule has 0 N–H and O–H groups in total. The van der Waals surface area contributed by atoms with Crippen molar-refractivity contribution in [1.29, 1.82) is 0 Å². The van der Waals surface area contributed by atoms with Crippen molar-refractivity contribution in [2.24, 2.45) is 0 Å². The topological polar surface area (TPSA) is 51.2 Å². The Morgan fingerprint density at radius 3 is 2.70 bits per heavy atom. The number of hydrogen-bond donors (Lipinski definition) is 0. The normalized spacial score (nSPS) is 24.5. The van der Waals surface area contributed by atoms with Crippen LogP contribution in [0.5, 0.6) is 0 Å². The lowest BCUT2D eigenvalue weighted by Gasteiger charge is -2.39. The number of likely N-dealkylation sites (tertiary alicyclic amines) is 1. The van der Waals surface area contributed by atoms with Crippen LogP contribution in [0.1, 0.15) is 56.7 Å². The molecule has 2 fully saturated rings. The highest BCUT2D eigenvalue weighted by molar-refractivity contribution is 7.98. The first kappa shape index (κ1) is 25.0. The minimum absolute atomic E-state index is 0.205. The number of halogens is 1. The van der Waals surface area contributed by atoms with Gasteiger partial charge in [0.1, 0.15) is 11.4 Å². The molecule has 2 atom stereocenters. The number of hydrogen-bond acceptors (Lipinski definition) is 6. The first-order valence-electron chi connectivity index (χ1n) is 13.2. The number of anilines is 1. The second kappa shape index (κ2) is 9.17. The summed E-state index contributed by atoms with van der Waals surface area (Å²) in [5.41, 5.74) is 6.08. The van der Waals surface area contributed by atoms with Crippen LogP contribution >= 0.6 is 11.8 Å². The van der Waals surface area contributed by atoms with Crippen LogP contribution in [0, 0.1) is 5.82 Å². The Labute approximate surface area is 222 Å². The summed E-state index contributed by atoms with van der Waals surface area (Å²) >= 11 is 1.96. The van der Waals surface area contributed by atoms with Crippen molar-refractivity contribution < 1.29 is 23.4 Å². The summed E-state index contributed by atoms with van der Waals surface area (Å²) in [6, 6.07) is 9.80. The highest BCUT2D eigenvalue weighted by Gasteiger charge is 2.45. The second-order valence-corrected chi connectivity index (χ2v) is 12.6. The van der Waals surface area contributed by atoms with E-state index in [9.17, 15) is 9.18 Å². The molecule has 0 spiro atoms. The van der Waals surface area contributed by atoms with Crippen LogP contribution in [-0.4, -0.2) is 61.2 Å². The standard InChI is InChI=1S/C29H35FN2O4S/c1-28(2,3)36-27(33)31-8-7-25-23(16-31)22-14-18(13-19-17-37-12-9-32(25)26(19)22)21-6-5-20(30)15-24(21)29(4)34-10-11-35-29/h5-6,13-15,23,25H,7-12,16-17H2,1-4H3/t23-,25-/m0/s1. The molecule has 0 aromatic heterocycles. The lowest BCUT2D eigenvalue weighted by Crippen LogP contribution is -2.49. The largest absolute Gasteiger partial charge is 0.444 e. The number of carbonyl (C=O) groups excluding carboxylic acids is 1. The Balaban J connectivity index is 1.43. The number of nitrogens with zero attached hydrogens (tertiary/aromatic N) is 2. The monoisotopic (exact) mass is 526 g/mol. The summed E-state index contributed by atoms with van der Waals surface area (Å²) < 4.78 is 32.1. The summed E-state index contributed by atoms with van der Waals surface area (Å²) in [5, 5.41) is 0. The molecule has 0 unspecified atom stereocenters. The third-order valence-corrected chi connectivity index (χ3v) is 8.87. The van der Waals surface area contributed by atoms with E-state index in [0.29, 0.717) is 37.9 Å². The van der Waals surface area contributed by atoms with Gasteiger partial charge in [-0.05, 0) is 80.6 Å². The van der Waals surface area contributed by atoms with E-state index >= 15 is 0 Å². The minimum atomic E-state index is -0.980. The molecule has 6 nitrogen and oxygen atoms in total. The van der Waals surface area contributed by atoms with Crippen LogP contribution in [0.15, 0.2) is 30.3 Å². The molecule has 0 bridgehead atoms. The predicted octanol–water partition coefficient (Wildman–Crippen LogP) is 5.87. The third-order valence-electron chi connectivity index (χ3n) is 7.89. The molecule has 6 rings (SSSR count). The molecular weight excluding hydrogens is 491 g/mol. The van der Waals surface area contributed by atoms with E-state index in [1.54, 1.807) is 6.07 Å². The number of thioether (sulfide) groups is 1. The fourth-order valence-corrected chi connectivity index (χ4v) is 7.24. The van der Waals surface area contributed by atoms with Crippen LogP contribution in [0.4, 0.5) is 14.9 Å². The maximum absolute atomic E-state index is 14.5. The summed E-state index contributed by atoms with van der Waals surface area (Å²) in [7, 11) is 0. The molecular formula is C29H35FN2O4S. The number of rotatable bonds is 2. The van der Waals surface area contributed by atoms with Crippen LogP contribution in [-0.2, 0) is 25.8 Å². The van der Waals surface area contributed by atoms with E-state index in [4.69, 9.17) is 14.2 Å². The number of piperidine rings is 1. The summed E-state index contributed by atoms with van der Waals surface area (Å²) in [4.78, 5) is 17.4. The fourth-order valence-electron chi connectivity index (χ4n) is 6.33. The SMILES string of the molecule is CC(C)(C)OC(=O)N1CC[C@H]2[C@@H](C1)c1cc(-c3ccc(F)cc3C3(C)OCCO3)cc3c1N2CCSC3. The molecule has 0 saturated carbocycles. The number of ether oxygens (including phenoxy) is 3. The van der Waals surface area contributed by atoms with Gasteiger partial charge in [0.05, 0.1) is 13.2 Å². The van der Waals surface area contributed by atoms with Crippen LogP contribution in [0.25, 0.3) is 11.1 Å². The first-order chi connectivity index (χ1) is 17.6. The number of amides is 1. The molecule has 198 valence electrons. The Morgan fingerprint density at radius 1 is 1.16 bits per heavy atom. The van der Waals surface area contributed by atoms with Crippen LogP contribution < -0.4 is 4.90 Å². The van der Waals surface area contributed by atoms with Crippen molar-refractivity contribution in [2.45, 2.75) is 63.2 Å². The van der Waals surface area contributed by atoms with Gasteiger partial charge < -0.3 is 24.0 Å². The van der Waals surface area contributed by atoms with Gasteiger partial charge in [-0.1, -0.05) is 6.07 Å². The molecule has 1 amide bonds. The Hall–Kier alpha value is -2.29. The highest BCUT2D eigenvalue weighted by Crippen LogP contribution is 2.51. The van der Waals surface area contributed by atoms with Crippen molar-refractivity contribution in [3.63, 3.8) is 0 Å². The van der Waals surface area contributed by atoms with Gasteiger partial charge in [0, 0.05) is 54.4 Å². The summed E-state index contributed by atoms with van der Waals surface area (Å²) in [5.74, 6) is 0.927. The zero-order valence-corrected chi connectivity index (χ0v) is 22.8. The molecule has 2 saturated heterocycles. The van der Waals surface area contributed by atoms with Gasteiger partial charge in [-0.15, -0.1) is 0 Å². The van der Waals surface area contributed by atoms with Gasteiger partial charge in [0.25, 0.3) is 0 Å². The molecule has 2 aromatic rings.